The summed E-state index contributed by atoms with van der Waals surface area (Å²) in [6, 6.07) is 0. The van der Waals surface area contributed by atoms with Gasteiger partial charge in [-0.05, 0) is 13.8 Å². The molecule has 1 aliphatic rings. The molecule has 1 saturated heterocycles. The van der Waals surface area contributed by atoms with Gasteiger partial charge < -0.3 is 4.74 Å². The maximum absolute atomic E-state index is 10.9. The second kappa shape index (κ2) is 1.99. The molecular weight excluding hydrogens is 136 g/mol. The molecule has 1 atom stereocenters. The van der Waals surface area contributed by atoms with Crippen LogP contribution in [0.3, 0.4) is 0 Å². The smallest absolute Gasteiger partial charge is 0.167 e. The molecule has 0 bridgehead atoms. The Morgan fingerprint density at radius 3 is 2.44 bits per heavy atom. The van der Waals surface area contributed by atoms with Crippen molar-refractivity contribution < 1.29 is 9.53 Å². The highest BCUT2D eigenvalue weighted by atomic mass is 32.1. The predicted molar refractivity (Wildman–Crippen MR) is 37.6 cm³/mol. The lowest BCUT2D eigenvalue weighted by Crippen LogP contribution is -2.27. The van der Waals surface area contributed by atoms with Crippen molar-refractivity contribution in [2.75, 3.05) is 0 Å². The monoisotopic (exact) mass is 146 g/mol. The van der Waals surface area contributed by atoms with Crippen LogP contribution < -0.4 is 0 Å². The third-order valence-electron chi connectivity index (χ3n) is 1.46. The molecular formula is C6H10O2S. The summed E-state index contributed by atoms with van der Waals surface area (Å²) in [6.07, 6.45) is 0.441. The van der Waals surface area contributed by atoms with Gasteiger partial charge in [0, 0.05) is 6.42 Å². The summed E-state index contributed by atoms with van der Waals surface area (Å²) in [4.78, 5) is 10.9. The number of carbonyl (C=O) groups excluding carboxylic acids is 1. The molecule has 2 nitrogen and oxygen atoms in total. The molecule has 0 N–H and O–H groups in total. The van der Waals surface area contributed by atoms with E-state index in [2.05, 4.69) is 12.6 Å². The van der Waals surface area contributed by atoms with Gasteiger partial charge in [-0.2, -0.15) is 0 Å². The minimum Gasteiger partial charge on any atom is -0.354 e. The summed E-state index contributed by atoms with van der Waals surface area (Å²) in [6.45, 7) is 3.54. The Hall–Kier alpha value is -0.0200. The molecule has 9 heavy (non-hydrogen) atoms. The van der Waals surface area contributed by atoms with Gasteiger partial charge in [-0.15, -0.1) is 12.6 Å². The van der Waals surface area contributed by atoms with Crippen LogP contribution in [0.5, 0.6) is 0 Å². The largest absolute Gasteiger partial charge is 0.354 e. The number of Topliss-reactive ketones (excluding diaryl/α,β-unsaturated/α-hetero) is 1. The fourth-order valence-electron chi connectivity index (χ4n) is 0.852. The third kappa shape index (κ3) is 1.27. The number of ketones is 1. The van der Waals surface area contributed by atoms with Crippen molar-refractivity contribution in [1.29, 1.82) is 0 Å². The minimum absolute atomic E-state index is 0.141. The number of hydrogen-bond acceptors (Lipinski definition) is 3. The van der Waals surface area contributed by atoms with Crippen molar-refractivity contribution in [2.24, 2.45) is 0 Å². The molecule has 0 saturated carbocycles. The Balaban J connectivity index is 2.70. The maximum atomic E-state index is 10.9. The SMILES string of the molecule is CC1(C)OC(S)CC1=O. The highest BCUT2D eigenvalue weighted by molar-refractivity contribution is 7.80. The number of thiol groups is 1. The van der Waals surface area contributed by atoms with E-state index in [9.17, 15) is 4.79 Å². The molecule has 0 spiro atoms. The average molecular weight is 146 g/mol. The quantitative estimate of drug-likeness (QED) is 0.516. The van der Waals surface area contributed by atoms with Gasteiger partial charge in [-0.3, -0.25) is 4.79 Å². The first-order valence-corrected chi connectivity index (χ1v) is 3.43. The zero-order valence-electron chi connectivity index (χ0n) is 5.55. The van der Waals surface area contributed by atoms with Gasteiger partial charge in [0.1, 0.15) is 11.0 Å². The molecule has 1 aliphatic heterocycles. The lowest BCUT2D eigenvalue weighted by Gasteiger charge is -2.14. The lowest BCUT2D eigenvalue weighted by atomic mass is 10.1. The van der Waals surface area contributed by atoms with Gasteiger partial charge in [-0.25, -0.2) is 0 Å². The molecule has 1 heterocycles. The van der Waals surface area contributed by atoms with E-state index in [1.807, 2.05) is 0 Å². The summed E-state index contributed by atoms with van der Waals surface area (Å²) in [7, 11) is 0. The molecule has 3 heteroatoms. The summed E-state index contributed by atoms with van der Waals surface area (Å²) in [5.41, 5.74) is -0.778. The van der Waals surface area contributed by atoms with Gasteiger partial charge >= 0.3 is 0 Å². The van der Waals surface area contributed by atoms with E-state index in [4.69, 9.17) is 4.74 Å². The molecule has 0 aromatic rings. The molecule has 0 amide bonds. The van der Waals surface area contributed by atoms with E-state index in [1.54, 1.807) is 13.8 Å². The van der Waals surface area contributed by atoms with Gasteiger partial charge in [-0.1, -0.05) is 0 Å². The van der Waals surface area contributed by atoms with Gasteiger partial charge in [0.05, 0.1) is 0 Å². The molecule has 0 radical (unpaired) electrons. The van der Waals surface area contributed by atoms with Crippen LogP contribution in [0.25, 0.3) is 0 Å². The second-order valence-corrected chi connectivity index (χ2v) is 3.29. The lowest BCUT2D eigenvalue weighted by molar-refractivity contribution is -0.128. The van der Waals surface area contributed by atoms with Crippen molar-refractivity contribution in [3.05, 3.63) is 0 Å². The molecule has 0 aromatic heterocycles. The normalized spacial score (nSPS) is 33.2. The van der Waals surface area contributed by atoms with E-state index in [1.165, 1.54) is 0 Å². The molecule has 1 rings (SSSR count). The Bertz CT molecular complexity index is 142. The Morgan fingerprint density at radius 2 is 2.33 bits per heavy atom. The second-order valence-electron chi connectivity index (χ2n) is 2.71. The highest BCUT2D eigenvalue weighted by Gasteiger charge is 2.38. The van der Waals surface area contributed by atoms with Gasteiger partial charge in [0.15, 0.2) is 5.78 Å². The van der Waals surface area contributed by atoms with Crippen molar-refractivity contribution in [1.82, 2.24) is 0 Å². The van der Waals surface area contributed by atoms with Crippen LogP contribution in [0.4, 0.5) is 0 Å². The predicted octanol–water partition coefficient (Wildman–Crippen LogP) is 1.01. The summed E-state index contributed by atoms with van der Waals surface area (Å²) in [5.74, 6) is 0.141. The van der Waals surface area contributed by atoms with Crippen molar-refractivity contribution in [3.8, 4) is 0 Å². The van der Waals surface area contributed by atoms with E-state index in [0.717, 1.165) is 0 Å². The van der Waals surface area contributed by atoms with Crippen molar-refractivity contribution in [2.45, 2.75) is 31.3 Å². The number of carbonyl (C=O) groups is 1. The average Bonchev–Trinajstić information content (AvgIpc) is 1.79. The molecule has 0 aliphatic carbocycles. The van der Waals surface area contributed by atoms with E-state index < -0.39 is 5.60 Å². The van der Waals surface area contributed by atoms with Gasteiger partial charge in [0.2, 0.25) is 0 Å². The topological polar surface area (TPSA) is 26.3 Å². The fourth-order valence-corrected chi connectivity index (χ4v) is 1.28. The fraction of sp³-hybridized carbons (Fsp3) is 0.833. The van der Waals surface area contributed by atoms with E-state index >= 15 is 0 Å². The first-order chi connectivity index (χ1) is 4.02. The Morgan fingerprint density at radius 1 is 1.78 bits per heavy atom. The van der Waals surface area contributed by atoms with E-state index in [0.29, 0.717) is 6.42 Å². The third-order valence-corrected chi connectivity index (χ3v) is 1.75. The molecule has 52 valence electrons. The van der Waals surface area contributed by atoms with Crippen LogP contribution in [0.1, 0.15) is 20.3 Å². The first-order valence-electron chi connectivity index (χ1n) is 2.91. The van der Waals surface area contributed by atoms with Crippen molar-refractivity contribution in [3.63, 3.8) is 0 Å². The van der Waals surface area contributed by atoms with Crippen LogP contribution in [-0.2, 0) is 9.53 Å². The highest BCUT2D eigenvalue weighted by Crippen LogP contribution is 2.27. The maximum Gasteiger partial charge on any atom is 0.167 e. The van der Waals surface area contributed by atoms with E-state index in [-0.39, 0.29) is 11.2 Å². The zero-order valence-corrected chi connectivity index (χ0v) is 6.44. The Labute approximate surface area is 60.0 Å². The summed E-state index contributed by atoms with van der Waals surface area (Å²) in [5, 5.41) is 0. The molecule has 0 aromatic carbocycles. The summed E-state index contributed by atoms with van der Waals surface area (Å²) >= 11 is 4.02. The van der Waals surface area contributed by atoms with Crippen LogP contribution in [0.15, 0.2) is 0 Å². The van der Waals surface area contributed by atoms with Crippen LogP contribution in [0.2, 0.25) is 0 Å². The van der Waals surface area contributed by atoms with Gasteiger partial charge in [0.25, 0.3) is 0 Å². The van der Waals surface area contributed by atoms with Crippen molar-refractivity contribution >= 4 is 18.4 Å². The van der Waals surface area contributed by atoms with Crippen LogP contribution in [-0.4, -0.2) is 16.8 Å². The number of ether oxygens (including phenoxy) is 1. The Kier molecular flexibility index (Phi) is 1.57. The molecule has 1 fully saturated rings. The standard InChI is InChI=1S/C6H10O2S/c1-6(2)4(7)3-5(9)8-6/h5,9H,3H2,1-2H3. The first kappa shape index (κ1) is 7.09. The minimum atomic E-state index is -0.591. The van der Waals surface area contributed by atoms with Crippen LogP contribution in [0, 0.1) is 0 Å². The number of hydrogen-bond donors (Lipinski definition) is 1. The zero-order chi connectivity index (χ0) is 7.07. The summed E-state index contributed by atoms with van der Waals surface area (Å²) < 4.78 is 5.18. The van der Waals surface area contributed by atoms with Crippen LogP contribution >= 0.6 is 12.6 Å². The molecule has 1 unspecified atom stereocenters. The number of rotatable bonds is 0.